The zero-order valence-electron chi connectivity index (χ0n) is 21.1. The summed E-state index contributed by atoms with van der Waals surface area (Å²) in [7, 11) is -2.18. The van der Waals surface area contributed by atoms with Gasteiger partial charge in [-0.25, -0.2) is 4.79 Å². The Hall–Kier alpha value is -3.21. The van der Waals surface area contributed by atoms with Gasteiger partial charge in [0, 0.05) is 18.6 Å². The second-order valence-corrected chi connectivity index (χ2v) is 15.3. The molecule has 0 saturated carbocycles. The summed E-state index contributed by atoms with van der Waals surface area (Å²) in [5, 5.41) is 13.4. The molecule has 3 unspecified atom stereocenters. The number of ether oxygens (including phenoxy) is 1. The van der Waals surface area contributed by atoms with E-state index >= 15 is 0 Å². The molecule has 12 heteroatoms. The fourth-order valence-corrected chi connectivity index (χ4v) is 5.22. The van der Waals surface area contributed by atoms with Crippen LogP contribution in [0.5, 0.6) is 0 Å². The zero-order chi connectivity index (χ0) is 26.8. The van der Waals surface area contributed by atoms with Gasteiger partial charge in [0.05, 0.1) is 22.5 Å². The number of non-ortho nitro benzene ring substituents is 1. The largest absolute Gasteiger partial charge is 0.452 e. The lowest BCUT2D eigenvalue weighted by molar-refractivity contribution is -0.384. The molecule has 0 aliphatic carbocycles. The average Bonchev–Trinajstić information content (AvgIpc) is 2.71. The molecule has 0 spiro atoms. The summed E-state index contributed by atoms with van der Waals surface area (Å²) in [5.74, 6) is -2.83. The number of ketones is 1. The van der Waals surface area contributed by atoms with Crippen LogP contribution in [0.25, 0.3) is 5.53 Å². The van der Waals surface area contributed by atoms with E-state index in [1.165, 1.54) is 24.3 Å². The molecule has 2 rings (SSSR count). The topological polar surface area (TPSA) is 161 Å². The molecule has 1 N–H and O–H groups in total. The van der Waals surface area contributed by atoms with Crippen LogP contribution in [0.3, 0.4) is 0 Å². The first-order valence-electron chi connectivity index (χ1n) is 11.2. The van der Waals surface area contributed by atoms with Crippen molar-refractivity contribution in [3.8, 4) is 0 Å². The Balaban J connectivity index is 2.05. The summed E-state index contributed by atoms with van der Waals surface area (Å²) < 4.78 is 11.4. The molecule has 0 aromatic heterocycles. The standard InChI is InChI=1S/C23H32N4O7Si/c1-14(34-35(6,7)22(2,3)4)18-20(29)25-23(18,5)12-17(28)19(26-24)21(30)33-13-15-8-10-16(11-9-15)27(31)32/h8-11,14,18H,12-13H2,1-7H3,(H,25,29). The van der Waals surface area contributed by atoms with Crippen LogP contribution < -0.4 is 5.32 Å². The van der Waals surface area contributed by atoms with Crippen molar-refractivity contribution >= 4 is 37.4 Å². The number of esters is 1. The Kier molecular flexibility index (Phi) is 8.16. The number of nitro groups is 1. The van der Waals surface area contributed by atoms with E-state index in [4.69, 9.17) is 9.16 Å². The highest BCUT2D eigenvalue weighted by Gasteiger charge is 2.56. The molecule has 0 bridgehead atoms. The minimum absolute atomic E-state index is 0.0716. The van der Waals surface area contributed by atoms with Crippen molar-refractivity contribution in [2.75, 3.05) is 0 Å². The normalized spacial score (nSPS) is 20.7. The Morgan fingerprint density at radius 1 is 1.29 bits per heavy atom. The summed E-state index contributed by atoms with van der Waals surface area (Å²) in [4.78, 5) is 50.6. The second kappa shape index (κ2) is 10.2. The number of Topliss-reactive ketones (excluding diaryl/α,β-unsaturated/α-hetero) is 1. The van der Waals surface area contributed by atoms with Gasteiger partial charge in [0.25, 0.3) is 11.5 Å². The number of nitrogens with one attached hydrogen (secondary N) is 1. The number of β-lactam (4-membered cyclic amide) rings is 1. The highest BCUT2D eigenvalue weighted by atomic mass is 28.4. The van der Waals surface area contributed by atoms with E-state index in [9.17, 15) is 30.0 Å². The van der Waals surface area contributed by atoms with Gasteiger partial charge in [0.15, 0.2) is 8.32 Å². The molecule has 1 fully saturated rings. The first kappa shape index (κ1) is 28.0. The molecule has 1 amide bonds. The van der Waals surface area contributed by atoms with E-state index in [1.807, 2.05) is 0 Å². The lowest BCUT2D eigenvalue weighted by Gasteiger charge is -2.51. The maximum Gasteiger partial charge on any atom is 0.441 e. The van der Waals surface area contributed by atoms with Gasteiger partial charge in [0.1, 0.15) is 6.61 Å². The maximum absolute atomic E-state index is 12.8. The SMILES string of the molecule is CC(O[Si](C)(C)C(C)(C)C)C1C(=O)NC1(C)CC(=O)C(=[N+]=[N-])C(=O)OCc1ccc([N+](=O)[O-])cc1. The van der Waals surface area contributed by atoms with Gasteiger partial charge in [-0.1, -0.05) is 20.8 Å². The summed E-state index contributed by atoms with van der Waals surface area (Å²) in [5.41, 5.74) is 7.84. The van der Waals surface area contributed by atoms with Crippen molar-refractivity contribution in [3.63, 3.8) is 0 Å². The highest BCUT2D eigenvalue weighted by Crippen LogP contribution is 2.41. The molecule has 1 aliphatic heterocycles. The van der Waals surface area contributed by atoms with Crippen molar-refractivity contribution in [1.29, 1.82) is 0 Å². The van der Waals surface area contributed by atoms with Crippen LogP contribution in [0.1, 0.15) is 46.6 Å². The molecule has 1 aromatic rings. The minimum Gasteiger partial charge on any atom is -0.452 e. The smallest absolute Gasteiger partial charge is 0.441 e. The molecule has 190 valence electrons. The van der Waals surface area contributed by atoms with E-state index in [1.54, 1.807) is 13.8 Å². The van der Waals surface area contributed by atoms with Crippen molar-refractivity contribution in [2.24, 2.45) is 5.92 Å². The Bertz CT molecular complexity index is 1070. The van der Waals surface area contributed by atoms with Gasteiger partial charge in [0.2, 0.25) is 5.91 Å². The van der Waals surface area contributed by atoms with E-state index in [-0.39, 0.29) is 29.7 Å². The highest BCUT2D eigenvalue weighted by molar-refractivity contribution is 6.74. The third-order valence-corrected chi connectivity index (χ3v) is 11.3. The Morgan fingerprint density at radius 2 is 1.86 bits per heavy atom. The monoisotopic (exact) mass is 504 g/mol. The van der Waals surface area contributed by atoms with Crippen LogP contribution in [0.2, 0.25) is 18.1 Å². The minimum atomic E-state index is -2.18. The van der Waals surface area contributed by atoms with E-state index in [2.05, 4.69) is 44.0 Å². The number of hydrogen-bond donors (Lipinski definition) is 1. The van der Waals surface area contributed by atoms with Crippen molar-refractivity contribution < 1.29 is 33.3 Å². The predicted molar refractivity (Wildman–Crippen MR) is 129 cm³/mol. The summed E-state index contributed by atoms with van der Waals surface area (Å²) in [6, 6.07) is 5.32. The first-order chi connectivity index (χ1) is 16.0. The number of carbonyl (C=O) groups excluding carboxylic acids is 3. The van der Waals surface area contributed by atoms with Crippen LogP contribution in [-0.4, -0.2) is 53.0 Å². The predicted octanol–water partition coefficient (Wildman–Crippen LogP) is 3.18. The molecule has 1 heterocycles. The molecule has 3 atom stereocenters. The summed E-state index contributed by atoms with van der Waals surface area (Å²) in [6.07, 6.45) is -0.758. The zero-order valence-corrected chi connectivity index (χ0v) is 22.1. The molecular weight excluding hydrogens is 472 g/mol. The van der Waals surface area contributed by atoms with Gasteiger partial charge in [-0.15, -0.1) is 0 Å². The van der Waals surface area contributed by atoms with Gasteiger partial charge >= 0.3 is 11.7 Å². The van der Waals surface area contributed by atoms with Crippen molar-refractivity contribution in [1.82, 2.24) is 5.32 Å². The lowest BCUT2D eigenvalue weighted by Crippen LogP contribution is -2.72. The maximum atomic E-state index is 12.8. The number of hydrogen-bond acceptors (Lipinski definition) is 7. The quantitative estimate of drug-likeness (QED) is 0.0589. The number of nitrogens with zero attached hydrogens (tertiary/aromatic N) is 3. The summed E-state index contributed by atoms with van der Waals surface area (Å²) in [6.45, 7) is 13.6. The van der Waals surface area contributed by atoms with Gasteiger partial charge < -0.3 is 20.0 Å². The number of benzene rings is 1. The van der Waals surface area contributed by atoms with Crippen LogP contribution >= 0.6 is 0 Å². The molecule has 1 aromatic carbocycles. The number of rotatable bonds is 10. The third-order valence-electron chi connectivity index (χ3n) is 6.74. The van der Waals surface area contributed by atoms with Gasteiger partial charge in [-0.3, -0.25) is 19.7 Å². The molecule has 1 saturated heterocycles. The number of amides is 1. The van der Waals surface area contributed by atoms with Crippen LogP contribution in [0.15, 0.2) is 24.3 Å². The fraction of sp³-hybridized carbons (Fsp3) is 0.565. The number of carbonyl (C=O) groups is 3. The fourth-order valence-electron chi connectivity index (χ4n) is 3.80. The van der Waals surface area contributed by atoms with Crippen molar-refractivity contribution in [3.05, 3.63) is 45.5 Å². The Morgan fingerprint density at radius 3 is 2.31 bits per heavy atom. The second-order valence-electron chi connectivity index (χ2n) is 10.5. The number of nitro benzene ring substituents is 1. The van der Waals surface area contributed by atoms with Crippen LogP contribution in [-0.2, 0) is 30.2 Å². The average molecular weight is 505 g/mol. The lowest BCUT2D eigenvalue weighted by atomic mass is 9.71. The molecular formula is C23H32N4O7Si. The van der Waals surface area contributed by atoms with Gasteiger partial charge in [-0.05, 0) is 49.7 Å². The molecule has 0 radical (unpaired) electrons. The Labute approximate surface area is 205 Å². The van der Waals surface area contributed by atoms with Crippen LogP contribution in [0.4, 0.5) is 5.69 Å². The molecule has 11 nitrogen and oxygen atoms in total. The van der Waals surface area contributed by atoms with E-state index in [0.717, 1.165) is 0 Å². The van der Waals surface area contributed by atoms with Crippen molar-refractivity contribution in [2.45, 2.75) is 77.4 Å². The molecule has 1 aliphatic rings. The van der Waals surface area contributed by atoms with E-state index < -0.39 is 48.3 Å². The summed E-state index contributed by atoms with van der Waals surface area (Å²) >= 11 is 0. The molecule has 35 heavy (non-hydrogen) atoms. The van der Waals surface area contributed by atoms with Gasteiger partial charge in [-0.2, -0.15) is 4.79 Å². The first-order valence-corrected chi connectivity index (χ1v) is 14.1. The van der Waals surface area contributed by atoms with Crippen LogP contribution in [0, 0.1) is 16.0 Å². The third kappa shape index (κ3) is 6.27. The van der Waals surface area contributed by atoms with E-state index in [0.29, 0.717) is 5.56 Å².